The Balaban J connectivity index is 1.35. The number of rotatable bonds is 5. The smallest absolute Gasteiger partial charge is 0.331 e. The first-order valence-corrected chi connectivity index (χ1v) is 11.6. The fourth-order valence-corrected chi connectivity index (χ4v) is 5.12. The highest BCUT2D eigenvalue weighted by atomic mass is 16.5. The number of aryl methyl sites for hydroxylation is 1. The van der Waals surface area contributed by atoms with E-state index in [2.05, 4.69) is 0 Å². The Hall–Kier alpha value is -2.94. The fourth-order valence-electron chi connectivity index (χ4n) is 5.12. The Morgan fingerprint density at radius 1 is 0.970 bits per heavy atom. The van der Waals surface area contributed by atoms with Crippen molar-refractivity contribution >= 4 is 22.7 Å². The molecule has 0 N–H and O–H groups in total. The summed E-state index contributed by atoms with van der Waals surface area (Å²) in [6.45, 7) is 2.64. The minimum Gasteiger partial charge on any atom is -0.375 e. The van der Waals surface area contributed by atoms with Gasteiger partial charge in [-0.3, -0.25) is 23.5 Å². The number of fused-ring (bicyclic) bond motifs is 1. The number of hydrogen-bond donors (Lipinski definition) is 0. The molecule has 0 bridgehead atoms. The summed E-state index contributed by atoms with van der Waals surface area (Å²) in [4.78, 5) is 54.3. The number of carbonyl (C=O) groups excluding carboxylic acids is 2. The van der Waals surface area contributed by atoms with Crippen molar-refractivity contribution in [2.24, 2.45) is 18.9 Å². The van der Waals surface area contributed by atoms with Crippen molar-refractivity contribution < 1.29 is 14.3 Å². The van der Waals surface area contributed by atoms with E-state index in [4.69, 9.17) is 4.74 Å². The summed E-state index contributed by atoms with van der Waals surface area (Å²) < 4.78 is 7.79. The SMILES string of the molecule is COCC(=O)N1CCN(C(=O)[C@H]2CC[C@H](Cn3c(=O)c4ccccc4n(C)c3=O)CC2)CC1. The molecule has 2 aliphatic rings. The van der Waals surface area contributed by atoms with E-state index in [1.807, 2.05) is 17.0 Å². The van der Waals surface area contributed by atoms with Crippen LogP contribution in [0, 0.1) is 11.8 Å². The molecular formula is C24H32N4O5. The molecule has 1 aliphatic carbocycles. The van der Waals surface area contributed by atoms with Crippen molar-refractivity contribution in [1.82, 2.24) is 18.9 Å². The first-order valence-electron chi connectivity index (χ1n) is 11.6. The molecule has 0 atom stereocenters. The minimum absolute atomic E-state index is 0.0290. The van der Waals surface area contributed by atoms with E-state index in [9.17, 15) is 19.2 Å². The molecule has 178 valence electrons. The maximum Gasteiger partial charge on any atom is 0.331 e. The minimum atomic E-state index is -0.294. The summed E-state index contributed by atoms with van der Waals surface area (Å²) in [7, 11) is 3.20. The van der Waals surface area contributed by atoms with Crippen molar-refractivity contribution in [1.29, 1.82) is 0 Å². The average Bonchev–Trinajstić information content (AvgIpc) is 2.85. The molecule has 1 aromatic heterocycles. The lowest BCUT2D eigenvalue weighted by atomic mass is 9.81. The van der Waals surface area contributed by atoms with Crippen molar-refractivity contribution in [2.75, 3.05) is 39.9 Å². The van der Waals surface area contributed by atoms with Crippen LogP contribution in [-0.4, -0.2) is 70.6 Å². The van der Waals surface area contributed by atoms with Crippen LogP contribution in [0.15, 0.2) is 33.9 Å². The summed E-state index contributed by atoms with van der Waals surface area (Å²) in [5.41, 5.74) is 0.104. The summed E-state index contributed by atoms with van der Waals surface area (Å²) in [5.74, 6) is 0.286. The highest BCUT2D eigenvalue weighted by Gasteiger charge is 2.32. The van der Waals surface area contributed by atoms with Gasteiger partial charge in [0.1, 0.15) is 6.61 Å². The molecule has 0 spiro atoms. The van der Waals surface area contributed by atoms with E-state index >= 15 is 0 Å². The molecule has 0 radical (unpaired) electrons. The molecule has 1 aromatic carbocycles. The quantitative estimate of drug-likeness (QED) is 0.664. The largest absolute Gasteiger partial charge is 0.375 e. The molecule has 0 unspecified atom stereocenters. The summed E-state index contributed by atoms with van der Waals surface area (Å²) in [6, 6.07) is 7.17. The van der Waals surface area contributed by atoms with Gasteiger partial charge in [0.05, 0.1) is 10.9 Å². The Morgan fingerprint density at radius 3 is 2.27 bits per heavy atom. The van der Waals surface area contributed by atoms with Crippen LogP contribution in [0.1, 0.15) is 25.7 Å². The highest BCUT2D eigenvalue weighted by molar-refractivity contribution is 5.80. The van der Waals surface area contributed by atoms with Crippen LogP contribution in [0.2, 0.25) is 0 Å². The zero-order chi connectivity index (χ0) is 23.5. The summed E-state index contributed by atoms with van der Waals surface area (Å²) in [6.07, 6.45) is 3.14. The Morgan fingerprint density at radius 2 is 1.61 bits per heavy atom. The maximum atomic E-state index is 13.0. The number of amides is 2. The fraction of sp³-hybridized carbons (Fsp3) is 0.583. The van der Waals surface area contributed by atoms with Gasteiger partial charge >= 0.3 is 5.69 Å². The molecule has 4 rings (SSSR count). The molecule has 2 heterocycles. The van der Waals surface area contributed by atoms with Crippen LogP contribution in [0.3, 0.4) is 0 Å². The Kier molecular flexibility index (Phi) is 6.97. The second-order valence-electron chi connectivity index (χ2n) is 9.13. The van der Waals surface area contributed by atoms with Crippen molar-refractivity contribution in [3.8, 4) is 0 Å². The molecule has 33 heavy (non-hydrogen) atoms. The van der Waals surface area contributed by atoms with E-state index in [1.54, 1.807) is 24.1 Å². The van der Waals surface area contributed by atoms with Gasteiger partial charge in [-0.15, -0.1) is 0 Å². The third-order valence-corrected chi connectivity index (χ3v) is 7.11. The normalized spacial score (nSPS) is 21.4. The standard InChI is InChI=1S/C24H32N4O5/c1-25-20-6-4-3-5-19(20)23(31)28(24(25)32)15-17-7-9-18(10-8-17)22(30)27-13-11-26(12-14-27)21(29)16-33-2/h3-6,17-18H,7-16H2,1-2H3/t17-,18-. The van der Waals surface area contributed by atoms with Crippen LogP contribution in [0.5, 0.6) is 0 Å². The highest BCUT2D eigenvalue weighted by Crippen LogP contribution is 2.31. The van der Waals surface area contributed by atoms with Gasteiger partial charge < -0.3 is 14.5 Å². The predicted octanol–water partition coefficient (Wildman–Crippen LogP) is 0.824. The second-order valence-corrected chi connectivity index (χ2v) is 9.13. The Labute approximate surface area is 192 Å². The molecule has 2 aromatic rings. The van der Waals surface area contributed by atoms with Crippen LogP contribution >= 0.6 is 0 Å². The number of hydrogen-bond acceptors (Lipinski definition) is 5. The van der Waals surface area contributed by atoms with Gasteiger partial charge in [0, 0.05) is 52.8 Å². The number of benzene rings is 1. The zero-order valence-electron chi connectivity index (χ0n) is 19.4. The molecular weight excluding hydrogens is 424 g/mol. The van der Waals surface area contributed by atoms with Crippen LogP contribution < -0.4 is 11.2 Å². The monoisotopic (exact) mass is 456 g/mol. The first kappa shape index (κ1) is 23.2. The van der Waals surface area contributed by atoms with Gasteiger partial charge in [0.25, 0.3) is 5.56 Å². The van der Waals surface area contributed by atoms with Gasteiger partial charge in [0.15, 0.2) is 0 Å². The van der Waals surface area contributed by atoms with E-state index in [0.717, 1.165) is 25.7 Å². The lowest BCUT2D eigenvalue weighted by Gasteiger charge is -2.38. The number of piperazine rings is 1. The third kappa shape index (κ3) is 4.73. The molecule has 2 fully saturated rings. The lowest BCUT2D eigenvalue weighted by Crippen LogP contribution is -2.52. The van der Waals surface area contributed by atoms with Crippen molar-refractivity contribution in [3.05, 3.63) is 45.1 Å². The summed E-state index contributed by atoms with van der Waals surface area (Å²) in [5, 5.41) is 0.548. The first-order chi connectivity index (χ1) is 15.9. The van der Waals surface area contributed by atoms with Gasteiger partial charge in [-0.2, -0.15) is 0 Å². The molecule has 1 aliphatic heterocycles. The van der Waals surface area contributed by atoms with E-state index < -0.39 is 0 Å². The number of para-hydroxylation sites is 1. The third-order valence-electron chi connectivity index (χ3n) is 7.11. The van der Waals surface area contributed by atoms with E-state index in [0.29, 0.717) is 43.6 Å². The van der Waals surface area contributed by atoms with Crippen molar-refractivity contribution in [2.45, 2.75) is 32.2 Å². The van der Waals surface area contributed by atoms with E-state index in [1.165, 1.54) is 16.2 Å². The predicted molar refractivity (Wildman–Crippen MR) is 124 cm³/mol. The number of aromatic nitrogens is 2. The topological polar surface area (TPSA) is 93.8 Å². The van der Waals surface area contributed by atoms with Gasteiger partial charge in [0.2, 0.25) is 11.8 Å². The van der Waals surface area contributed by atoms with Gasteiger partial charge in [-0.25, -0.2) is 4.79 Å². The van der Waals surface area contributed by atoms with E-state index in [-0.39, 0.29) is 41.5 Å². The van der Waals surface area contributed by atoms with Gasteiger partial charge in [-0.05, 0) is 43.7 Å². The van der Waals surface area contributed by atoms with Crippen LogP contribution in [0.4, 0.5) is 0 Å². The number of carbonyl (C=O) groups is 2. The lowest BCUT2D eigenvalue weighted by molar-refractivity contribution is -0.144. The van der Waals surface area contributed by atoms with Crippen LogP contribution in [0.25, 0.3) is 10.9 Å². The number of ether oxygens (including phenoxy) is 1. The maximum absolute atomic E-state index is 13.0. The van der Waals surface area contributed by atoms with Crippen molar-refractivity contribution in [3.63, 3.8) is 0 Å². The average molecular weight is 457 g/mol. The number of methoxy groups -OCH3 is 1. The summed E-state index contributed by atoms with van der Waals surface area (Å²) >= 11 is 0. The zero-order valence-corrected chi connectivity index (χ0v) is 19.4. The molecule has 9 heteroatoms. The molecule has 2 amide bonds. The Bertz CT molecular complexity index is 1140. The second kappa shape index (κ2) is 9.91. The molecule has 1 saturated heterocycles. The number of nitrogens with zero attached hydrogens (tertiary/aromatic N) is 4. The molecule has 9 nitrogen and oxygen atoms in total. The van der Waals surface area contributed by atoms with Crippen LogP contribution in [-0.2, 0) is 27.9 Å². The van der Waals surface area contributed by atoms with Gasteiger partial charge in [-0.1, -0.05) is 12.1 Å². The molecule has 1 saturated carbocycles.